The summed E-state index contributed by atoms with van der Waals surface area (Å²) in [4.78, 5) is 45.7. The molecule has 0 bridgehead atoms. The van der Waals surface area contributed by atoms with Gasteiger partial charge in [0.1, 0.15) is 0 Å². The Labute approximate surface area is 177 Å². The lowest BCUT2D eigenvalue weighted by atomic mass is 10.0. The number of hydrogen-bond donors (Lipinski definition) is 1. The maximum absolute atomic E-state index is 12.4. The normalized spacial score (nSPS) is 11.8. The Morgan fingerprint density at radius 1 is 1.06 bits per heavy atom. The van der Waals surface area contributed by atoms with Crippen LogP contribution < -0.4 is 5.32 Å². The van der Waals surface area contributed by atoms with E-state index >= 15 is 0 Å². The quantitative estimate of drug-likeness (QED) is 0.278. The molecule has 0 saturated heterocycles. The third kappa shape index (κ3) is 7.03. The Bertz CT molecular complexity index is 1020. The number of nitro benzene ring substituents is 2. The summed E-state index contributed by atoms with van der Waals surface area (Å²) in [5.41, 5.74) is 0.209. The molecule has 10 heteroatoms. The minimum absolute atomic E-state index is 0.128. The van der Waals surface area contributed by atoms with Crippen LogP contribution in [-0.2, 0) is 14.3 Å². The van der Waals surface area contributed by atoms with Crippen LogP contribution >= 0.6 is 0 Å². The van der Waals surface area contributed by atoms with Gasteiger partial charge in [0.05, 0.1) is 34.0 Å². The molecule has 0 fully saturated rings. The van der Waals surface area contributed by atoms with Crippen molar-refractivity contribution in [2.45, 2.75) is 32.4 Å². The highest BCUT2D eigenvalue weighted by Crippen LogP contribution is 2.27. The molecule has 1 atom stereocenters. The van der Waals surface area contributed by atoms with Gasteiger partial charge >= 0.3 is 5.97 Å². The summed E-state index contributed by atoms with van der Waals surface area (Å²) in [7, 11) is 0. The highest BCUT2D eigenvalue weighted by molar-refractivity contribution is 5.92. The number of esters is 1. The molecule has 0 heterocycles. The lowest BCUT2D eigenvalue weighted by Crippen LogP contribution is -2.30. The number of para-hydroxylation sites is 1. The first-order valence-electron chi connectivity index (χ1n) is 9.33. The third-order valence-electron chi connectivity index (χ3n) is 4.07. The maximum atomic E-state index is 12.4. The molecule has 0 radical (unpaired) electrons. The van der Waals surface area contributed by atoms with Gasteiger partial charge in [0.25, 0.3) is 11.4 Å². The largest absolute Gasteiger partial charge is 0.463 e. The summed E-state index contributed by atoms with van der Waals surface area (Å²) in [5, 5.41) is 24.8. The van der Waals surface area contributed by atoms with Crippen LogP contribution in [0.2, 0.25) is 0 Å². The monoisotopic (exact) mass is 427 g/mol. The van der Waals surface area contributed by atoms with E-state index in [-0.39, 0.29) is 29.5 Å². The summed E-state index contributed by atoms with van der Waals surface area (Å²) in [6.45, 7) is 3.33. The SMILES string of the molecule is CC(C)OC(=O)CC(NC(=O)/C=C/c1cccc([N+](=O)[O-])c1)c1ccccc1[N+](=O)[O-]. The number of nitrogens with one attached hydrogen (secondary N) is 1. The van der Waals surface area contributed by atoms with Gasteiger partial charge in [0.2, 0.25) is 5.91 Å². The molecule has 1 unspecified atom stereocenters. The van der Waals surface area contributed by atoms with Gasteiger partial charge in [0, 0.05) is 24.3 Å². The molecule has 0 aliphatic rings. The minimum Gasteiger partial charge on any atom is -0.463 e. The number of non-ortho nitro benzene ring substituents is 1. The zero-order valence-electron chi connectivity index (χ0n) is 16.9. The van der Waals surface area contributed by atoms with Gasteiger partial charge in [0.15, 0.2) is 0 Å². The molecule has 2 aromatic carbocycles. The Kier molecular flexibility index (Phi) is 7.95. The van der Waals surface area contributed by atoms with E-state index in [1.165, 1.54) is 42.5 Å². The second-order valence-corrected chi connectivity index (χ2v) is 6.81. The van der Waals surface area contributed by atoms with Crippen LogP contribution in [0.4, 0.5) is 11.4 Å². The standard InChI is InChI=1S/C21H21N3O7/c1-14(2)31-21(26)13-18(17-8-3-4-9-19(17)24(29)30)22-20(25)11-10-15-6-5-7-16(12-15)23(27)28/h3-12,14,18H,13H2,1-2H3,(H,22,25)/b11-10+. The van der Waals surface area contributed by atoms with Crippen molar-refractivity contribution in [2.24, 2.45) is 0 Å². The lowest BCUT2D eigenvalue weighted by molar-refractivity contribution is -0.385. The number of nitro groups is 2. The number of hydrogen-bond acceptors (Lipinski definition) is 7. The highest BCUT2D eigenvalue weighted by atomic mass is 16.6. The third-order valence-corrected chi connectivity index (χ3v) is 4.07. The van der Waals surface area contributed by atoms with Crippen molar-refractivity contribution in [3.63, 3.8) is 0 Å². The molecule has 0 spiro atoms. The number of benzene rings is 2. The smallest absolute Gasteiger partial charge is 0.308 e. The summed E-state index contributed by atoms with van der Waals surface area (Å²) in [6, 6.07) is 10.5. The fourth-order valence-corrected chi connectivity index (χ4v) is 2.80. The van der Waals surface area contributed by atoms with Crippen LogP contribution in [0, 0.1) is 20.2 Å². The molecular weight excluding hydrogens is 406 g/mol. The van der Waals surface area contributed by atoms with E-state index < -0.39 is 27.8 Å². The fourth-order valence-electron chi connectivity index (χ4n) is 2.80. The molecule has 31 heavy (non-hydrogen) atoms. The number of ether oxygens (including phenoxy) is 1. The summed E-state index contributed by atoms with van der Waals surface area (Å²) >= 11 is 0. The Morgan fingerprint density at radius 3 is 2.42 bits per heavy atom. The first-order valence-corrected chi connectivity index (χ1v) is 9.33. The van der Waals surface area contributed by atoms with E-state index in [2.05, 4.69) is 5.32 Å². The van der Waals surface area contributed by atoms with Gasteiger partial charge in [-0.25, -0.2) is 0 Å². The van der Waals surface area contributed by atoms with E-state index in [1.807, 2.05) is 0 Å². The summed E-state index contributed by atoms with van der Waals surface area (Å²) in [5.74, 6) is -1.26. The van der Waals surface area contributed by atoms with Gasteiger partial charge < -0.3 is 10.1 Å². The molecule has 2 aromatic rings. The van der Waals surface area contributed by atoms with Gasteiger partial charge in [-0.3, -0.25) is 29.8 Å². The predicted molar refractivity (Wildman–Crippen MR) is 112 cm³/mol. The van der Waals surface area contributed by atoms with Gasteiger partial charge in [-0.2, -0.15) is 0 Å². The van der Waals surface area contributed by atoms with Crippen molar-refractivity contribution in [1.82, 2.24) is 5.32 Å². The van der Waals surface area contributed by atoms with Crippen LogP contribution in [0.3, 0.4) is 0 Å². The van der Waals surface area contributed by atoms with Crippen molar-refractivity contribution >= 4 is 29.3 Å². The second-order valence-electron chi connectivity index (χ2n) is 6.81. The topological polar surface area (TPSA) is 142 Å². The van der Waals surface area contributed by atoms with Crippen molar-refractivity contribution in [3.8, 4) is 0 Å². The summed E-state index contributed by atoms with van der Waals surface area (Å²) < 4.78 is 5.11. The molecule has 10 nitrogen and oxygen atoms in total. The second kappa shape index (κ2) is 10.6. The van der Waals surface area contributed by atoms with Crippen LogP contribution in [0.25, 0.3) is 6.08 Å². The molecule has 0 aliphatic carbocycles. The van der Waals surface area contributed by atoms with Crippen molar-refractivity contribution in [2.75, 3.05) is 0 Å². The molecule has 2 rings (SSSR count). The van der Waals surface area contributed by atoms with Gasteiger partial charge in [-0.05, 0) is 25.5 Å². The van der Waals surface area contributed by atoms with Crippen LogP contribution in [0.5, 0.6) is 0 Å². The van der Waals surface area contributed by atoms with E-state index in [9.17, 15) is 29.8 Å². The predicted octanol–water partition coefficient (Wildman–Crippen LogP) is 3.72. The number of rotatable bonds is 9. The Hall–Kier alpha value is -4.08. The molecule has 0 saturated carbocycles. The summed E-state index contributed by atoms with van der Waals surface area (Å²) in [6.07, 6.45) is 1.81. The molecule has 0 aromatic heterocycles. The van der Waals surface area contributed by atoms with Crippen molar-refractivity contribution < 1.29 is 24.2 Å². The highest BCUT2D eigenvalue weighted by Gasteiger charge is 2.26. The number of amides is 1. The molecular formula is C21H21N3O7. The van der Waals surface area contributed by atoms with Crippen LogP contribution in [0.1, 0.15) is 37.4 Å². The molecule has 1 N–H and O–H groups in total. The van der Waals surface area contributed by atoms with E-state index in [4.69, 9.17) is 4.74 Å². The first kappa shape index (κ1) is 23.2. The van der Waals surface area contributed by atoms with Crippen LogP contribution in [-0.4, -0.2) is 27.8 Å². The molecule has 0 aliphatic heterocycles. The Balaban J connectivity index is 2.25. The average molecular weight is 427 g/mol. The molecule has 1 amide bonds. The van der Waals surface area contributed by atoms with Crippen LogP contribution in [0.15, 0.2) is 54.6 Å². The van der Waals surface area contributed by atoms with Crippen molar-refractivity contribution in [3.05, 3.63) is 86.0 Å². The zero-order valence-corrected chi connectivity index (χ0v) is 16.9. The van der Waals surface area contributed by atoms with Gasteiger partial charge in [-0.1, -0.05) is 30.3 Å². The van der Waals surface area contributed by atoms with E-state index in [0.29, 0.717) is 5.56 Å². The lowest BCUT2D eigenvalue weighted by Gasteiger charge is -2.18. The number of nitrogens with zero attached hydrogens (tertiary/aromatic N) is 2. The van der Waals surface area contributed by atoms with E-state index in [0.717, 1.165) is 6.08 Å². The minimum atomic E-state index is -1.00. The zero-order chi connectivity index (χ0) is 23.0. The number of carbonyl (C=O) groups excluding carboxylic acids is 2. The van der Waals surface area contributed by atoms with Gasteiger partial charge in [-0.15, -0.1) is 0 Å². The average Bonchev–Trinajstić information content (AvgIpc) is 2.71. The van der Waals surface area contributed by atoms with E-state index in [1.54, 1.807) is 26.0 Å². The molecule has 162 valence electrons. The first-order chi connectivity index (χ1) is 14.7. The fraction of sp³-hybridized carbons (Fsp3) is 0.238. The van der Waals surface area contributed by atoms with Crippen molar-refractivity contribution in [1.29, 1.82) is 0 Å². The number of carbonyl (C=O) groups is 2. The maximum Gasteiger partial charge on any atom is 0.308 e. The Morgan fingerprint density at radius 2 is 1.77 bits per heavy atom.